The SMILES string of the molecule is COC(=O)C[C@](NC(=O)OC(C)(C)C)(OCCC(NC(=O)OC(C)(C)C)OC(C)C)OC(C)C. The number of rotatable bonds is 12. The first-order valence-corrected chi connectivity index (χ1v) is 11.4. The highest BCUT2D eigenvalue weighted by Crippen LogP contribution is 2.21. The van der Waals surface area contributed by atoms with Crippen molar-refractivity contribution in [2.45, 2.75) is 118 Å². The molecular formula is C23H44N2O9. The molecule has 2 N–H and O–H groups in total. The lowest BCUT2D eigenvalue weighted by Crippen LogP contribution is -2.56. The van der Waals surface area contributed by atoms with Crippen molar-refractivity contribution in [3.63, 3.8) is 0 Å². The Morgan fingerprint density at radius 1 is 0.824 bits per heavy atom. The van der Waals surface area contributed by atoms with Gasteiger partial charge in [-0.15, -0.1) is 0 Å². The summed E-state index contributed by atoms with van der Waals surface area (Å²) >= 11 is 0. The molecule has 0 fully saturated rings. The van der Waals surface area contributed by atoms with Gasteiger partial charge in [-0.3, -0.25) is 15.4 Å². The number of amides is 2. The lowest BCUT2D eigenvalue weighted by atomic mass is 10.2. The monoisotopic (exact) mass is 492 g/mol. The summed E-state index contributed by atoms with van der Waals surface area (Å²) in [6, 6.07) is 0. The number of alkyl carbamates (subject to hydrolysis) is 2. The highest BCUT2D eigenvalue weighted by Gasteiger charge is 2.40. The molecule has 0 spiro atoms. The fourth-order valence-electron chi connectivity index (χ4n) is 2.61. The number of carbonyl (C=O) groups is 3. The van der Waals surface area contributed by atoms with Gasteiger partial charge in [0.1, 0.15) is 23.9 Å². The predicted molar refractivity (Wildman–Crippen MR) is 125 cm³/mol. The van der Waals surface area contributed by atoms with Crippen molar-refractivity contribution < 1.29 is 42.8 Å². The molecule has 0 aromatic rings. The molecule has 0 saturated heterocycles. The molecular weight excluding hydrogens is 448 g/mol. The van der Waals surface area contributed by atoms with Gasteiger partial charge in [0.25, 0.3) is 5.91 Å². The number of hydrogen-bond acceptors (Lipinski definition) is 9. The van der Waals surface area contributed by atoms with E-state index in [2.05, 4.69) is 10.6 Å². The molecule has 0 saturated carbocycles. The van der Waals surface area contributed by atoms with Gasteiger partial charge >= 0.3 is 18.2 Å². The quantitative estimate of drug-likeness (QED) is 0.237. The maximum Gasteiger partial charge on any atom is 0.411 e. The first-order chi connectivity index (χ1) is 15.4. The molecule has 11 nitrogen and oxygen atoms in total. The van der Waals surface area contributed by atoms with Crippen LogP contribution in [0.4, 0.5) is 9.59 Å². The molecule has 2 atom stereocenters. The van der Waals surface area contributed by atoms with E-state index in [0.29, 0.717) is 0 Å². The molecule has 0 bridgehead atoms. The molecule has 200 valence electrons. The maximum absolute atomic E-state index is 12.5. The zero-order chi connectivity index (χ0) is 26.7. The second-order valence-corrected chi connectivity index (χ2v) is 10.3. The van der Waals surface area contributed by atoms with Crippen LogP contribution in [0.3, 0.4) is 0 Å². The minimum Gasteiger partial charge on any atom is -0.469 e. The topological polar surface area (TPSA) is 131 Å². The normalized spacial score (nSPS) is 14.9. The summed E-state index contributed by atoms with van der Waals surface area (Å²) in [6.07, 6.45) is -3.14. The number of carbonyl (C=O) groups excluding carboxylic acids is 3. The van der Waals surface area contributed by atoms with Crippen molar-refractivity contribution in [2.24, 2.45) is 0 Å². The number of hydrogen-bond donors (Lipinski definition) is 2. The van der Waals surface area contributed by atoms with E-state index >= 15 is 0 Å². The van der Waals surface area contributed by atoms with Gasteiger partial charge in [0.2, 0.25) is 0 Å². The van der Waals surface area contributed by atoms with Gasteiger partial charge in [0.15, 0.2) is 0 Å². The third-order valence-electron chi connectivity index (χ3n) is 3.55. The van der Waals surface area contributed by atoms with Crippen molar-refractivity contribution in [1.29, 1.82) is 0 Å². The molecule has 2 amide bonds. The van der Waals surface area contributed by atoms with Gasteiger partial charge in [-0.25, -0.2) is 9.59 Å². The molecule has 0 radical (unpaired) electrons. The fraction of sp³-hybridized carbons (Fsp3) is 0.870. The Kier molecular flexibility index (Phi) is 12.8. The third kappa shape index (κ3) is 15.7. The van der Waals surface area contributed by atoms with Gasteiger partial charge in [-0.05, 0) is 69.2 Å². The van der Waals surface area contributed by atoms with Crippen LogP contribution < -0.4 is 10.6 Å². The van der Waals surface area contributed by atoms with Gasteiger partial charge in [0.05, 0.1) is 25.9 Å². The molecule has 0 aliphatic heterocycles. The Hall–Kier alpha value is -2.11. The second-order valence-electron chi connectivity index (χ2n) is 10.3. The summed E-state index contributed by atoms with van der Waals surface area (Å²) in [4.78, 5) is 36.8. The maximum atomic E-state index is 12.5. The van der Waals surface area contributed by atoms with Crippen molar-refractivity contribution in [3.8, 4) is 0 Å². The van der Waals surface area contributed by atoms with E-state index in [-0.39, 0.29) is 19.1 Å². The van der Waals surface area contributed by atoms with Crippen LogP contribution in [0, 0.1) is 0 Å². The molecule has 11 heteroatoms. The molecule has 1 unspecified atom stereocenters. The van der Waals surface area contributed by atoms with E-state index in [1.165, 1.54) is 7.11 Å². The van der Waals surface area contributed by atoms with E-state index in [1.54, 1.807) is 55.4 Å². The molecule has 0 aliphatic rings. The minimum absolute atomic E-state index is 0.0628. The standard InChI is InChI=1S/C23H44N2O9/c1-15(2)31-17(24-19(27)33-21(5,6)7)12-13-30-23(32-16(3)4,14-18(26)29-11)25-20(28)34-22(8,9)10/h15-17H,12-14H2,1-11H3,(H,24,27)(H,25,28)/t17?,23-/m0/s1. The Labute approximate surface area is 203 Å². The fourth-order valence-corrected chi connectivity index (χ4v) is 2.61. The summed E-state index contributed by atoms with van der Waals surface area (Å²) in [5.74, 6) is -2.53. The third-order valence-corrected chi connectivity index (χ3v) is 3.55. The Morgan fingerprint density at radius 3 is 1.79 bits per heavy atom. The number of esters is 1. The van der Waals surface area contributed by atoms with Gasteiger partial charge in [-0.1, -0.05) is 0 Å². The minimum atomic E-state index is -1.86. The Balaban J connectivity index is 5.56. The average Bonchev–Trinajstić information content (AvgIpc) is 2.56. The highest BCUT2D eigenvalue weighted by molar-refractivity contribution is 5.73. The number of nitrogens with one attached hydrogen (secondary N) is 2. The van der Waals surface area contributed by atoms with Crippen molar-refractivity contribution in [3.05, 3.63) is 0 Å². The summed E-state index contributed by atoms with van der Waals surface area (Å²) in [7, 11) is 1.22. The molecule has 0 aromatic heterocycles. The van der Waals surface area contributed by atoms with Crippen LogP contribution in [0.15, 0.2) is 0 Å². The molecule has 0 rings (SSSR count). The molecule has 34 heavy (non-hydrogen) atoms. The van der Waals surface area contributed by atoms with Crippen molar-refractivity contribution >= 4 is 18.2 Å². The van der Waals surface area contributed by atoms with Crippen LogP contribution in [0.5, 0.6) is 0 Å². The van der Waals surface area contributed by atoms with Gasteiger partial charge in [0, 0.05) is 6.42 Å². The van der Waals surface area contributed by atoms with Gasteiger partial charge in [-0.2, -0.15) is 0 Å². The van der Waals surface area contributed by atoms with Crippen LogP contribution in [0.1, 0.15) is 82.1 Å². The van der Waals surface area contributed by atoms with Crippen molar-refractivity contribution in [1.82, 2.24) is 10.6 Å². The molecule has 0 heterocycles. The first kappa shape index (κ1) is 31.9. The van der Waals surface area contributed by atoms with E-state index in [1.807, 2.05) is 13.8 Å². The van der Waals surface area contributed by atoms with Gasteiger partial charge < -0.3 is 28.4 Å². The summed E-state index contributed by atoms with van der Waals surface area (Å²) in [5, 5.41) is 5.16. The first-order valence-electron chi connectivity index (χ1n) is 11.4. The number of ether oxygens (including phenoxy) is 6. The number of methoxy groups -OCH3 is 1. The molecule has 0 aromatic carbocycles. The van der Waals surface area contributed by atoms with E-state index in [4.69, 9.17) is 28.4 Å². The largest absolute Gasteiger partial charge is 0.469 e. The Bertz CT molecular complexity index is 654. The van der Waals surface area contributed by atoms with E-state index in [9.17, 15) is 14.4 Å². The van der Waals surface area contributed by atoms with Crippen molar-refractivity contribution in [2.75, 3.05) is 13.7 Å². The lowest BCUT2D eigenvalue weighted by molar-refractivity contribution is -0.272. The highest BCUT2D eigenvalue weighted by atomic mass is 16.7. The average molecular weight is 493 g/mol. The summed E-state index contributed by atoms with van der Waals surface area (Å²) in [6.45, 7) is 17.4. The second kappa shape index (κ2) is 13.7. The zero-order valence-corrected chi connectivity index (χ0v) is 22.5. The lowest BCUT2D eigenvalue weighted by Gasteiger charge is -2.36. The summed E-state index contributed by atoms with van der Waals surface area (Å²) < 4.78 is 32.8. The van der Waals surface area contributed by atoms with Crippen LogP contribution in [0.2, 0.25) is 0 Å². The van der Waals surface area contributed by atoms with Crippen LogP contribution >= 0.6 is 0 Å². The Morgan fingerprint density at radius 2 is 1.35 bits per heavy atom. The zero-order valence-electron chi connectivity index (χ0n) is 22.5. The van der Waals surface area contributed by atoms with Crippen LogP contribution in [-0.4, -0.2) is 67.4 Å². The summed E-state index contributed by atoms with van der Waals surface area (Å²) in [5.41, 5.74) is -1.46. The predicted octanol–water partition coefficient (Wildman–Crippen LogP) is 3.84. The van der Waals surface area contributed by atoms with E-state index < -0.39 is 54.0 Å². The molecule has 0 aliphatic carbocycles. The van der Waals surface area contributed by atoms with Crippen LogP contribution in [-0.2, 0) is 33.2 Å². The van der Waals surface area contributed by atoms with E-state index in [0.717, 1.165) is 0 Å². The van der Waals surface area contributed by atoms with Crippen LogP contribution in [0.25, 0.3) is 0 Å². The smallest absolute Gasteiger partial charge is 0.411 e.